The van der Waals surface area contributed by atoms with Crippen molar-refractivity contribution in [2.24, 2.45) is 0 Å². The Hall–Kier alpha value is -2.23. The van der Waals surface area contributed by atoms with Crippen LogP contribution in [-0.2, 0) is 22.1 Å². The third kappa shape index (κ3) is 3.41. The molecule has 1 aromatic rings. The monoisotopic (exact) mass is 287 g/mol. The van der Waals surface area contributed by atoms with Gasteiger partial charge in [-0.1, -0.05) is 0 Å². The summed E-state index contributed by atoms with van der Waals surface area (Å²) in [5.41, 5.74) is -2.11. The van der Waals surface area contributed by atoms with Gasteiger partial charge in [-0.15, -0.1) is 0 Å². The third-order valence-electron chi connectivity index (χ3n) is 2.52. The van der Waals surface area contributed by atoms with Gasteiger partial charge in [0.25, 0.3) is 0 Å². The van der Waals surface area contributed by atoms with Crippen molar-refractivity contribution in [3.8, 4) is 11.8 Å². The zero-order chi connectivity index (χ0) is 15.3. The van der Waals surface area contributed by atoms with E-state index in [1.54, 1.807) is 6.92 Å². The smallest absolute Gasteiger partial charge is 0.418 e. The van der Waals surface area contributed by atoms with Gasteiger partial charge >= 0.3 is 12.1 Å². The average molecular weight is 287 g/mol. The van der Waals surface area contributed by atoms with Crippen LogP contribution in [0.15, 0.2) is 12.1 Å². The number of rotatable bonds is 4. The van der Waals surface area contributed by atoms with Gasteiger partial charge < -0.3 is 9.47 Å². The molecule has 0 aliphatic heterocycles. The molecule has 20 heavy (non-hydrogen) atoms. The van der Waals surface area contributed by atoms with E-state index in [0.29, 0.717) is 0 Å². The second kappa shape index (κ2) is 6.28. The number of halogens is 3. The molecular weight excluding hydrogens is 275 g/mol. The summed E-state index contributed by atoms with van der Waals surface area (Å²) >= 11 is 0. The fourth-order valence-electron chi connectivity index (χ4n) is 1.77. The molecule has 0 bridgehead atoms. The van der Waals surface area contributed by atoms with Crippen molar-refractivity contribution in [3.05, 3.63) is 28.8 Å². The molecule has 0 spiro atoms. The second-order valence-electron chi connectivity index (χ2n) is 3.76. The van der Waals surface area contributed by atoms with Crippen molar-refractivity contribution in [2.45, 2.75) is 19.5 Å². The lowest BCUT2D eigenvalue weighted by Gasteiger charge is -2.17. The van der Waals surface area contributed by atoms with E-state index in [-0.39, 0.29) is 12.4 Å². The fraction of sp³-hybridized carbons (Fsp3) is 0.385. The summed E-state index contributed by atoms with van der Waals surface area (Å²) in [6.45, 7) is 1.60. The molecule has 0 aromatic heterocycles. The number of hydrogen-bond donors (Lipinski definition) is 0. The first-order chi connectivity index (χ1) is 9.35. The Kier molecular flexibility index (Phi) is 4.97. The van der Waals surface area contributed by atoms with Crippen LogP contribution >= 0.6 is 0 Å². The molecule has 0 aliphatic rings. The topological polar surface area (TPSA) is 59.3 Å². The molecule has 0 heterocycles. The standard InChI is InChI=1S/C13H12F3NO3/c1-3-20-11(18)6-9-10(19-2)5-4-8(7-17)12(9)13(14,15)16/h4-5H,3,6H2,1-2H3. The number of alkyl halides is 3. The summed E-state index contributed by atoms with van der Waals surface area (Å²) in [5.74, 6) is -0.921. The molecule has 1 aromatic carbocycles. The van der Waals surface area contributed by atoms with Crippen LogP contribution in [0.2, 0.25) is 0 Å². The van der Waals surface area contributed by atoms with Crippen molar-refractivity contribution in [1.29, 1.82) is 5.26 Å². The highest BCUT2D eigenvalue weighted by Crippen LogP contribution is 2.38. The van der Waals surface area contributed by atoms with Crippen LogP contribution in [0, 0.1) is 11.3 Å². The van der Waals surface area contributed by atoms with Crippen LogP contribution in [0.1, 0.15) is 23.6 Å². The van der Waals surface area contributed by atoms with Gasteiger partial charge in [0, 0.05) is 5.56 Å². The van der Waals surface area contributed by atoms with Gasteiger partial charge in [-0.3, -0.25) is 4.79 Å². The Morgan fingerprint density at radius 2 is 2.05 bits per heavy atom. The van der Waals surface area contributed by atoms with Gasteiger partial charge in [-0.25, -0.2) is 0 Å². The number of benzene rings is 1. The van der Waals surface area contributed by atoms with Crippen molar-refractivity contribution in [2.75, 3.05) is 13.7 Å². The highest BCUT2D eigenvalue weighted by Gasteiger charge is 2.38. The molecule has 0 atom stereocenters. The van der Waals surface area contributed by atoms with Crippen LogP contribution < -0.4 is 4.74 Å². The molecule has 0 radical (unpaired) electrons. The van der Waals surface area contributed by atoms with Crippen LogP contribution in [0.25, 0.3) is 0 Å². The maximum Gasteiger partial charge on any atom is 0.418 e. The number of esters is 1. The van der Waals surface area contributed by atoms with Crippen molar-refractivity contribution < 1.29 is 27.4 Å². The summed E-state index contributed by atoms with van der Waals surface area (Å²) in [4.78, 5) is 11.4. The molecule has 108 valence electrons. The van der Waals surface area contributed by atoms with E-state index in [0.717, 1.165) is 6.07 Å². The first kappa shape index (κ1) is 15.8. The van der Waals surface area contributed by atoms with Gasteiger partial charge in [0.15, 0.2) is 0 Å². The van der Waals surface area contributed by atoms with Gasteiger partial charge in [0.1, 0.15) is 5.75 Å². The summed E-state index contributed by atoms with van der Waals surface area (Å²) in [6.07, 6.45) is -5.37. The minimum absolute atomic E-state index is 0.0560. The average Bonchev–Trinajstić information content (AvgIpc) is 2.36. The van der Waals surface area contributed by atoms with Crippen LogP contribution in [-0.4, -0.2) is 19.7 Å². The highest BCUT2D eigenvalue weighted by atomic mass is 19.4. The summed E-state index contributed by atoms with van der Waals surface area (Å²) in [7, 11) is 1.19. The number of hydrogen-bond acceptors (Lipinski definition) is 4. The van der Waals surface area contributed by atoms with Gasteiger partial charge in [-0.05, 0) is 19.1 Å². The van der Waals surface area contributed by atoms with E-state index in [1.807, 2.05) is 0 Å². The van der Waals surface area contributed by atoms with Crippen LogP contribution in [0.3, 0.4) is 0 Å². The Labute approximate surface area is 113 Å². The summed E-state index contributed by atoms with van der Waals surface area (Å²) < 4.78 is 48.8. The zero-order valence-corrected chi connectivity index (χ0v) is 10.9. The predicted molar refractivity (Wildman–Crippen MR) is 63.0 cm³/mol. The molecule has 0 fully saturated rings. The maximum atomic E-state index is 13.1. The molecular formula is C13H12F3NO3. The molecule has 4 nitrogen and oxygen atoms in total. The quantitative estimate of drug-likeness (QED) is 0.799. The van der Waals surface area contributed by atoms with Crippen molar-refractivity contribution in [1.82, 2.24) is 0 Å². The van der Waals surface area contributed by atoms with Crippen LogP contribution in [0.5, 0.6) is 5.75 Å². The number of carbonyl (C=O) groups is 1. The van der Waals surface area contributed by atoms with E-state index in [1.165, 1.54) is 19.2 Å². The van der Waals surface area contributed by atoms with Crippen LogP contribution in [0.4, 0.5) is 13.2 Å². The Balaban J connectivity index is 3.44. The minimum Gasteiger partial charge on any atom is -0.496 e. The second-order valence-corrected chi connectivity index (χ2v) is 3.76. The minimum atomic E-state index is -4.76. The first-order valence-electron chi connectivity index (χ1n) is 5.67. The number of ether oxygens (including phenoxy) is 2. The molecule has 1 rings (SSSR count). The normalized spacial score (nSPS) is 10.8. The van der Waals surface area contributed by atoms with E-state index >= 15 is 0 Å². The summed E-state index contributed by atoms with van der Waals surface area (Å²) in [5, 5.41) is 8.80. The SMILES string of the molecule is CCOC(=O)Cc1c(OC)ccc(C#N)c1C(F)(F)F. The fourth-order valence-corrected chi connectivity index (χ4v) is 1.77. The molecule has 7 heteroatoms. The lowest BCUT2D eigenvalue weighted by Crippen LogP contribution is -2.17. The molecule has 0 amide bonds. The molecule has 0 saturated carbocycles. The Bertz CT molecular complexity index is 547. The third-order valence-corrected chi connectivity index (χ3v) is 2.52. The number of carbonyl (C=O) groups excluding carboxylic acids is 1. The van der Waals surface area contributed by atoms with E-state index in [9.17, 15) is 18.0 Å². The molecule has 0 aliphatic carbocycles. The Morgan fingerprint density at radius 3 is 2.50 bits per heavy atom. The number of nitrogens with zero attached hydrogens (tertiary/aromatic N) is 1. The molecule has 0 saturated heterocycles. The number of nitriles is 1. The molecule has 0 unspecified atom stereocenters. The van der Waals surface area contributed by atoms with E-state index in [4.69, 9.17) is 10.00 Å². The van der Waals surface area contributed by atoms with Gasteiger partial charge in [-0.2, -0.15) is 18.4 Å². The zero-order valence-electron chi connectivity index (χ0n) is 10.9. The predicted octanol–water partition coefficient (Wildman–Crippen LogP) is 2.69. The lowest BCUT2D eigenvalue weighted by molar-refractivity contribution is -0.143. The van der Waals surface area contributed by atoms with Gasteiger partial charge in [0.2, 0.25) is 0 Å². The Morgan fingerprint density at radius 1 is 1.40 bits per heavy atom. The lowest BCUT2D eigenvalue weighted by atomic mass is 9.97. The summed E-state index contributed by atoms with van der Waals surface area (Å²) in [6, 6.07) is 3.71. The van der Waals surface area contributed by atoms with Crippen molar-refractivity contribution >= 4 is 5.97 Å². The maximum absolute atomic E-state index is 13.1. The molecule has 0 N–H and O–H groups in total. The first-order valence-corrected chi connectivity index (χ1v) is 5.67. The van der Waals surface area contributed by atoms with E-state index in [2.05, 4.69) is 4.74 Å². The number of methoxy groups -OCH3 is 1. The van der Waals surface area contributed by atoms with Gasteiger partial charge in [0.05, 0.1) is 37.3 Å². The van der Waals surface area contributed by atoms with E-state index < -0.39 is 35.3 Å². The highest BCUT2D eigenvalue weighted by molar-refractivity contribution is 5.75. The van der Waals surface area contributed by atoms with Crippen molar-refractivity contribution in [3.63, 3.8) is 0 Å². The largest absolute Gasteiger partial charge is 0.496 e.